The fourth-order valence-electron chi connectivity index (χ4n) is 10.0. The molecule has 0 spiro atoms. The summed E-state index contributed by atoms with van der Waals surface area (Å²) in [6, 6.07) is 0. The second-order valence-electron chi connectivity index (χ2n) is 23.4. The zero-order chi connectivity index (χ0) is 59.2. The van der Waals surface area contributed by atoms with Gasteiger partial charge >= 0.3 is 17.9 Å². The predicted molar refractivity (Wildman–Crippen MR) is 357 cm³/mol. The SMILES string of the molecule is CC/C=C\C/C=C\C/C=C\C/C=C\C/C=C\CCCCCCCCCCCC(=O)OCC(COC(=O)CCCCCCCCC/C=C\C/C=C\CCCCCC)OC(=O)CCCCCCCCCCC/C=C\CCCCCCCCCC. The van der Waals surface area contributed by atoms with Crippen molar-refractivity contribution in [2.45, 2.75) is 354 Å². The van der Waals surface area contributed by atoms with E-state index in [0.29, 0.717) is 19.3 Å². The van der Waals surface area contributed by atoms with Crippen LogP contribution in [0.1, 0.15) is 348 Å². The Morgan fingerprint density at radius 1 is 0.256 bits per heavy atom. The number of carbonyl (C=O) groups is 3. The summed E-state index contributed by atoms with van der Waals surface area (Å²) in [7, 11) is 0. The molecule has 1 unspecified atom stereocenters. The molecule has 0 aromatic rings. The van der Waals surface area contributed by atoms with Gasteiger partial charge in [0.2, 0.25) is 0 Å². The highest BCUT2D eigenvalue weighted by Crippen LogP contribution is 2.17. The van der Waals surface area contributed by atoms with Gasteiger partial charge in [0.25, 0.3) is 0 Å². The highest BCUT2D eigenvalue weighted by Gasteiger charge is 2.19. The summed E-state index contributed by atoms with van der Waals surface area (Å²) in [5.74, 6) is -0.882. The van der Waals surface area contributed by atoms with E-state index in [-0.39, 0.29) is 31.1 Å². The maximum Gasteiger partial charge on any atom is 0.306 e. The molecule has 6 heteroatoms. The molecule has 0 saturated heterocycles. The molecule has 0 rings (SSSR count). The first-order valence-electron chi connectivity index (χ1n) is 35.2. The Balaban J connectivity index is 4.38. The van der Waals surface area contributed by atoms with Gasteiger partial charge in [-0.15, -0.1) is 0 Å². The zero-order valence-electron chi connectivity index (χ0n) is 54.2. The Morgan fingerprint density at radius 3 is 0.768 bits per heavy atom. The van der Waals surface area contributed by atoms with Gasteiger partial charge in [0.15, 0.2) is 6.10 Å². The predicted octanol–water partition coefficient (Wildman–Crippen LogP) is 24.4. The normalized spacial score (nSPS) is 12.7. The summed E-state index contributed by atoms with van der Waals surface area (Å²) in [5, 5.41) is 0. The minimum Gasteiger partial charge on any atom is -0.462 e. The molecule has 0 bridgehead atoms. The third-order valence-electron chi connectivity index (χ3n) is 15.3. The third-order valence-corrected chi connectivity index (χ3v) is 15.3. The van der Waals surface area contributed by atoms with Crippen LogP contribution >= 0.6 is 0 Å². The minimum absolute atomic E-state index is 0.0827. The highest BCUT2D eigenvalue weighted by molar-refractivity contribution is 5.71. The third kappa shape index (κ3) is 67.1. The van der Waals surface area contributed by atoms with Crippen LogP contribution in [-0.4, -0.2) is 37.2 Å². The lowest BCUT2D eigenvalue weighted by atomic mass is 10.1. The molecule has 6 nitrogen and oxygen atoms in total. The van der Waals surface area contributed by atoms with Crippen molar-refractivity contribution in [3.05, 3.63) is 97.2 Å². The van der Waals surface area contributed by atoms with E-state index in [9.17, 15) is 14.4 Å². The van der Waals surface area contributed by atoms with Gasteiger partial charge in [-0.2, -0.15) is 0 Å². The number of unbranched alkanes of at least 4 members (excludes halogenated alkanes) is 37. The first-order chi connectivity index (χ1) is 40.5. The Hall–Kier alpha value is -3.67. The molecular formula is C76H132O6. The van der Waals surface area contributed by atoms with Gasteiger partial charge in [0.1, 0.15) is 13.2 Å². The van der Waals surface area contributed by atoms with Crippen molar-refractivity contribution in [2.24, 2.45) is 0 Å². The lowest BCUT2D eigenvalue weighted by Gasteiger charge is -2.18. The summed E-state index contributed by atoms with van der Waals surface area (Å²) in [6.07, 6.45) is 94.2. The molecule has 0 heterocycles. The quantitative estimate of drug-likeness (QED) is 0.0261. The van der Waals surface area contributed by atoms with Crippen molar-refractivity contribution in [1.29, 1.82) is 0 Å². The second kappa shape index (κ2) is 69.8. The average Bonchev–Trinajstić information content (AvgIpc) is 3.47. The van der Waals surface area contributed by atoms with Crippen molar-refractivity contribution in [1.82, 2.24) is 0 Å². The summed E-state index contributed by atoms with van der Waals surface area (Å²) in [4.78, 5) is 38.5. The van der Waals surface area contributed by atoms with Crippen molar-refractivity contribution >= 4 is 17.9 Å². The average molecular weight is 1140 g/mol. The van der Waals surface area contributed by atoms with Crippen molar-refractivity contribution in [3.8, 4) is 0 Å². The molecule has 0 saturated carbocycles. The number of esters is 3. The molecule has 1 atom stereocenters. The van der Waals surface area contributed by atoms with E-state index in [0.717, 1.165) is 109 Å². The van der Waals surface area contributed by atoms with E-state index in [1.807, 2.05) is 0 Å². The minimum atomic E-state index is -0.787. The van der Waals surface area contributed by atoms with Crippen LogP contribution in [0.4, 0.5) is 0 Å². The van der Waals surface area contributed by atoms with E-state index in [1.165, 1.54) is 199 Å². The number of allylic oxidation sites excluding steroid dienone is 16. The van der Waals surface area contributed by atoms with Crippen LogP contribution in [0.5, 0.6) is 0 Å². The maximum absolute atomic E-state index is 13.0. The molecule has 0 fully saturated rings. The van der Waals surface area contributed by atoms with E-state index >= 15 is 0 Å². The molecule has 0 aliphatic carbocycles. The van der Waals surface area contributed by atoms with Crippen LogP contribution in [0, 0.1) is 0 Å². The van der Waals surface area contributed by atoms with Crippen LogP contribution in [0.3, 0.4) is 0 Å². The number of carbonyl (C=O) groups excluding carboxylic acids is 3. The van der Waals surface area contributed by atoms with Crippen LogP contribution in [0.25, 0.3) is 0 Å². The van der Waals surface area contributed by atoms with E-state index in [1.54, 1.807) is 0 Å². The number of ether oxygens (including phenoxy) is 3. The van der Waals surface area contributed by atoms with Gasteiger partial charge < -0.3 is 14.2 Å². The maximum atomic E-state index is 13.0. The van der Waals surface area contributed by atoms with Crippen molar-refractivity contribution < 1.29 is 28.6 Å². The van der Waals surface area contributed by atoms with Crippen molar-refractivity contribution in [3.63, 3.8) is 0 Å². The number of hydrogen-bond donors (Lipinski definition) is 0. The Kier molecular flexibility index (Phi) is 66.7. The standard InChI is InChI=1S/C76H132O6/c1-4-7-10-13-16-19-22-25-28-31-34-36-37-38-39-41-42-45-48-51-54-57-60-63-66-69-75(78)81-72-73(71-80-74(77)68-65-62-59-56-53-50-47-44-33-30-27-24-21-18-15-12-9-6-3)82-76(79)70-67-64-61-58-55-52-49-46-43-40-35-32-29-26-23-20-17-14-11-8-5-2/h7,10,16,19,21,24-25,28,30,32-36,38-39,73H,4-6,8-9,11-15,17-18,20,22-23,26-27,29,31,37,40-72H2,1-3H3/b10-7-,19-16-,24-21-,28-25-,33-30-,35-32-,36-34-,39-38-. The van der Waals surface area contributed by atoms with Gasteiger partial charge in [0.05, 0.1) is 0 Å². The van der Waals surface area contributed by atoms with Gasteiger partial charge in [-0.1, -0.05) is 304 Å². The molecule has 0 amide bonds. The summed E-state index contributed by atoms with van der Waals surface area (Å²) < 4.78 is 17.0. The Bertz CT molecular complexity index is 1590. The van der Waals surface area contributed by atoms with Crippen LogP contribution in [-0.2, 0) is 28.6 Å². The zero-order valence-corrected chi connectivity index (χ0v) is 54.2. The largest absolute Gasteiger partial charge is 0.462 e. The van der Waals surface area contributed by atoms with Crippen LogP contribution in [0.15, 0.2) is 97.2 Å². The van der Waals surface area contributed by atoms with Crippen LogP contribution < -0.4 is 0 Å². The number of rotatable bonds is 64. The summed E-state index contributed by atoms with van der Waals surface area (Å²) in [6.45, 7) is 6.54. The van der Waals surface area contributed by atoms with E-state index in [2.05, 4.69) is 118 Å². The molecule has 0 radical (unpaired) electrons. The van der Waals surface area contributed by atoms with Gasteiger partial charge in [-0.05, 0) is 122 Å². The highest BCUT2D eigenvalue weighted by atomic mass is 16.6. The Morgan fingerprint density at radius 2 is 0.476 bits per heavy atom. The van der Waals surface area contributed by atoms with Gasteiger partial charge in [-0.3, -0.25) is 14.4 Å². The molecule has 0 N–H and O–H groups in total. The monoisotopic (exact) mass is 1140 g/mol. The molecule has 0 aromatic heterocycles. The lowest BCUT2D eigenvalue weighted by molar-refractivity contribution is -0.167. The van der Waals surface area contributed by atoms with Gasteiger partial charge in [0, 0.05) is 19.3 Å². The molecule has 82 heavy (non-hydrogen) atoms. The molecule has 0 aromatic carbocycles. The molecular weight excluding hydrogens is 1010 g/mol. The second-order valence-corrected chi connectivity index (χ2v) is 23.4. The topological polar surface area (TPSA) is 78.9 Å². The van der Waals surface area contributed by atoms with E-state index < -0.39 is 6.10 Å². The fraction of sp³-hybridized carbons (Fsp3) is 0.750. The number of hydrogen-bond acceptors (Lipinski definition) is 6. The summed E-state index contributed by atoms with van der Waals surface area (Å²) >= 11 is 0. The fourth-order valence-corrected chi connectivity index (χ4v) is 10.0. The first kappa shape index (κ1) is 78.3. The van der Waals surface area contributed by atoms with Gasteiger partial charge in [-0.25, -0.2) is 0 Å². The molecule has 0 aliphatic rings. The molecule has 472 valence electrons. The summed E-state index contributed by atoms with van der Waals surface area (Å²) in [5.41, 5.74) is 0. The Labute approximate surface area is 508 Å². The lowest BCUT2D eigenvalue weighted by Crippen LogP contribution is -2.30. The van der Waals surface area contributed by atoms with E-state index in [4.69, 9.17) is 14.2 Å². The first-order valence-corrected chi connectivity index (χ1v) is 35.2. The van der Waals surface area contributed by atoms with Crippen molar-refractivity contribution in [2.75, 3.05) is 13.2 Å². The molecule has 0 aliphatic heterocycles. The van der Waals surface area contributed by atoms with Crippen LogP contribution in [0.2, 0.25) is 0 Å². The smallest absolute Gasteiger partial charge is 0.306 e.